The van der Waals surface area contributed by atoms with Crippen LogP contribution < -0.4 is 5.32 Å². The SMILES string of the molecule is Cc1cc(NC(=O)c2ccc(F)cc2Cl)sc1C(=O)O. The molecule has 0 saturated carbocycles. The van der Waals surface area contributed by atoms with Crippen LogP contribution in [0.3, 0.4) is 0 Å². The first-order valence-corrected chi connectivity index (χ1v) is 6.68. The number of amides is 1. The summed E-state index contributed by atoms with van der Waals surface area (Å²) in [6.45, 7) is 1.64. The fraction of sp³-hybridized carbons (Fsp3) is 0.0769. The van der Waals surface area contributed by atoms with E-state index in [1.54, 1.807) is 13.0 Å². The topological polar surface area (TPSA) is 66.4 Å². The van der Waals surface area contributed by atoms with Crippen molar-refractivity contribution in [2.75, 3.05) is 5.32 Å². The van der Waals surface area contributed by atoms with Gasteiger partial charge in [0.1, 0.15) is 10.7 Å². The average molecular weight is 314 g/mol. The number of anilines is 1. The van der Waals surface area contributed by atoms with Crippen molar-refractivity contribution in [1.29, 1.82) is 0 Å². The van der Waals surface area contributed by atoms with Crippen molar-refractivity contribution in [3.8, 4) is 0 Å². The van der Waals surface area contributed by atoms with E-state index in [0.717, 1.165) is 23.5 Å². The van der Waals surface area contributed by atoms with Crippen LogP contribution in [0.5, 0.6) is 0 Å². The fourth-order valence-electron chi connectivity index (χ4n) is 1.61. The molecule has 0 atom stereocenters. The number of rotatable bonds is 3. The second-order valence-electron chi connectivity index (χ2n) is 4.01. The molecule has 0 fully saturated rings. The molecular weight excluding hydrogens is 305 g/mol. The number of carbonyl (C=O) groups excluding carboxylic acids is 1. The lowest BCUT2D eigenvalue weighted by atomic mass is 10.2. The smallest absolute Gasteiger partial charge is 0.346 e. The number of thiophene rings is 1. The Hall–Kier alpha value is -1.92. The largest absolute Gasteiger partial charge is 0.477 e. The molecule has 0 bridgehead atoms. The third-order valence-corrected chi connectivity index (χ3v) is 3.98. The normalized spacial score (nSPS) is 10.3. The van der Waals surface area contributed by atoms with Gasteiger partial charge in [0.05, 0.1) is 15.6 Å². The Labute approximate surface area is 122 Å². The number of aryl methyl sites for hydroxylation is 1. The molecule has 0 radical (unpaired) electrons. The highest BCUT2D eigenvalue weighted by Gasteiger charge is 2.16. The van der Waals surface area contributed by atoms with Crippen LogP contribution in [0.2, 0.25) is 5.02 Å². The first kappa shape index (κ1) is 14.5. The standard InChI is InChI=1S/C13H9ClFNO3S/c1-6-4-10(20-11(6)13(18)19)16-12(17)8-3-2-7(15)5-9(8)14/h2-5H,1H3,(H,16,17)(H,18,19). The molecule has 0 spiro atoms. The fourth-order valence-corrected chi connectivity index (χ4v) is 2.77. The Morgan fingerprint density at radius 2 is 2.05 bits per heavy atom. The van der Waals surface area contributed by atoms with Gasteiger partial charge in [0.15, 0.2) is 0 Å². The summed E-state index contributed by atoms with van der Waals surface area (Å²) in [5.74, 6) is -2.10. The maximum absolute atomic E-state index is 12.9. The molecule has 1 aromatic heterocycles. The highest BCUT2D eigenvalue weighted by Crippen LogP contribution is 2.27. The van der Waals surface area contributed by atoms with Gasteiger partial charge in [-0.25, -0.2) is 9.18 Å². The van der Waals surface area contributed by atoms with E-state index in [4.69, 9.17) is 16.7 Å². The summed E-state index contributed by atoms with van der Waals surface area (Å²) in [6.07, 6.45) is 0. The molecule has 0 aliphatic heterocycles. The number of aromatic carboxylic acids is 1. The molecule has 104 valence electrons. The quantitative estimate of drug-likeness (QED) is 0.905. The molecule has 1 heterocycles. The van der Waals surface area contributed by atoms with Gasteiger partial charge in [-0.2, -0.15) is 0 Å². The van der Waals surface area contributed by atoms with Crippen molar-refractivity contribution in [1.82, 2.24) is 0 Å². The Balaban J connectivity index is 2.23. The third kappa shape index (κ3) is 2.97. The Kier molecular flexibility index (Phi) is 4.06. The second kappa shape index (κ2) is 5.60. The first-order chi connectivity index (χ1) is 9.38. The first-order valence-electron chi connectivity index (χ1n) is 5.48. The molecule has 0 aliphatic carbocycles. The number of hydrogen-bond donors (Lipinski definition) is 2. The van der Waals surface area contributed by atoms with Gasteiger partial charge in [0.2, 0.25) is 0 Å². The molecule has 20 heavy (non-hydrogen) atoms. The predicted molar refractivity (Wildman–Crippen MR) is 75.4 cm³/mol. The summed E-state index contributed by atoms with van der Waals surface area (Å²) in [6, 6.07) is 5.00. The number of hydrogen-bond acceptors (Lipinski definition) is 3. The number of carboxylic acids is 1. The molecule has 1 aromatic carbocycles. The van der Waals surface area contributed by atoms with Crippen LogP contribution in [0.4, 0.5) is 9.39 Å². The van der Waals surface area contributed by atoms with Crippen LogP contribution in [-0.4, -0.2) is 17.0 Å². The van der Waals surface area contributed by atoms with Crippen molar-refractivity contribution >= 4 is 39.8 Å². The lowest BCUT2D eigenvalue weighted by Gasteiger charge is -2.04. The minimum absolute atomic E-state index is 0.00534. The maximum atomic E-state index is 12.9. The van der Waals surface area contributed by atoms with Gasteiger partial charge in [-0.15, -0.1) is 11.3 Å². The van der Waals surface area contributed by atoms with Crippen LogP contribution in [0, 0.1) is 12.7 Å². The van der Waals surface area contributed by atoms with Gasteiger partial charge in [0.25, 0.3) is 5.91 Å². The summed E-state index contributed by atoms with van der Waals surface area (Å²) in [7, 11) is 0. The monoisotopic (exact) mass is 313 g/mol. The van der Waals surface area contributed by atoms with Crippen LogP contribution >= 0.6 is 22.9 Å². The second-order valence-corrected chi connectivity index (χ2v) is 5.47. The summed E-state index contributed by atoms with van der Waals surface area (Å²) in [5, 5.41) is 11.9. The lowest BCUT2D eigenvalue weighted by molar-refractivity contribution is 0.0701. The van der Waals surface area contributed by atoms with Crippen LogP contribution in [0.15, 0.2) is 24.3 Å². The molecule has 2 N–H and O–H groups in total. The van der Waals surface area contributed by atoms with E-state index >= 15 is 0 Å². The lowest BCUT2D eigenvalue weighted by Crippen LogP contribution is -2.11. The number of benzene rings is 1. The Morgan fingerprint density at radius 1 is 1.35 bits per heavy atom. The van der Waals surface area contributed by atoms with Gasteiger partial charge in [0, 0.05) is 0 Å². The van der Waals surface area contributed by atoms with Crippen LogP contribution in [-0.2, 0) is 0 Å². The number of carboxylic acid groups (broad SMARTS) is 1. The molecular formula is C13H9ClFNO3S. The van der Waals surface area contributed by atoms with E-state index in [9.17, 15) is 14.0 Å². The molecule has 0 unspecified atom stereocenters. The van der Waals surface area contributed by atoms with Crippen molar-refractivity contribution in [3.05, 3.63) is 51.1 Å². The van der Waals surface area contributed by atoms with Crippen molar-refractivity contribution < 1.29 is 19.1 Å². The minimum Gasteiger partial charge on any atom is -0.477 e. The summed E-state index contributed by atoms with van der Waals surface area (Å²) in [4.78, 5) is 23.1. The molecule has 4 nitrogen and oxygen atoms in total. The molecule has 0 aliphatic rings. The van der Waals surface area contributed by atoms with E-state index in [1.807, 2.05) is 0 Å². The summed E-state index contributed by atoms with van der Waals surface area (Å²) >= 11 is 6.74. The van der Waals surface area contributed by atoms with E-state index in [0.29, 0.717) is 10.6 Å². The molecule has 2 aromatic rings. The molecule has 1 amide bonds. The molecule has 2 rings (SSSR count). The Morgan fingerprint density at radius 3 is 2.60 bits per heavy atom. The van der Waals surface area contributed by atoms with E-state index in [-0.39, 0.29) is 15.5 Å². The minimum atomic E-state index is -1.05. The van der Waals surface area contributed by atoms with Crippen molar-refractivity contribution in [2.45, 2.75) is 6.92 Å². The van der Waals surface area contributed by atoms with Gasteiger partial charge < -0.3 is 10.4 Å². The zero-order chi connectivity index (χ0) is 14.9. The van der Waals surface area contributed by atoms with Gasteiger partial charge in [-0.05, 0) is 36.8 Å². The van der Waals surface area contributed by atoms with Crippen LogP contribution in [0.1, 0.15) is 25.6 Å². The van der Waals surface area contributed by atoms with Crippen molar-refractivity contribution in [3.63, 3.8) is 0 Å². The van der Waals surface area contributed by atoms with Gasteiger partial charge >= 0.3 is 5.97 Å². The maximum Gasteiger partial charge on any atom is 0.346 e. The number of nitrogens with one attached hydrogen (secondary N) is 1. The number of halogens is 2. The molecule has 0 saturated heterocycles. The zero-order valence-corrected chi connectivity index (χ0v) is 11.8. The average Bonchev–Trinajstić information content (AvgIpc) is 2.70. The number of carbonyl (C=O) groups is 2. The van der Waals surface area contributed by atoms with E-state index in [2.05, 4.69) is 5.32 Å². The predicted octanol–water partition coefficient (Wildman–Crippen LogP) is 3.80. The van der Waals surface area contributed by atoms with Gasteiger partial charge in [-0.3, -0.25) is 4.79 Å². The Bertz CT molecular complexity index is 699. The summed E-state index contributed by atoms with van der Waals surface area (Å²) < 4.78 is 12.9. The third-order valence-electron chi connectivity index (χ3n) is 2.52. The summed E-state index contributed by atoms with van der Waals surface area (Å²) in [5.41, 5.74) is 0.680. The van der Waals surface area contributed by atoms with E-state index in [1.165, 1.54) is 6.07 Å². The van der Waals surface area contributed by atoms with Gasteiger partial charge in [-0.1, -0.05) is 11.6 Å². The van der Waals surface area contributed by atoms with E-state index < -0.39 is 17.7 Å². The molecule has 7 heteroatoms. The highest BCUT2D eigenvalue weighted by atomic mass is 35.5. The highest BCUT2D eigenvalue weighted by molar-refractivity contribution is 7.18. The van der Waals surface area contributed by atoms with Crippen molar-refractivity contribution in [2.24, 2.45) is 0 Å². The zero-order valence-electron chi connectivity index (χ0n) is 10.2. The van der Waals surface area contributed by atoms with Crippen LogP contribution in [0.25, 0.3) is 0 Å².